The predicted molar refractivity (Wildman–Crippen MR) is 105 cm³/mol. The van der Waals surface area contributed by atoms with Crippen LogP contribution in [0.25, 0.3) is 0 Å². The van der Waals surface area contributed by atoms with Gasteiger partial charge in [0.1, 0.15) is 0 Å². The molecule has 4 heteroatoms. The van der Waals surface area contributed by atoms with E-state index < -0.39 is 0 Å². The zero-order valence-corrected chi connectivity index (χ0v) is 16.0. The third kappa shape index (κ3) is 3.39. The van der Waals surface area contributed by atoms with Crippen molar-refractivity contribution in [2.75, 3.05) is 19.1 Å². The van der Waals surface area contributed by atoms with E-state index >= 15 is 0 Å². The van der Waals surface area contributed by atoms with E-state index in [1.165, 1.54) is 16.8 Å². The standard InChI is InChI=1S/C21H27N3O/c1-14-9-19-18(15(2)11-21(3,4)24(19)5)10-16(14)12-22-17-7-8-20(25-6)23-13-17/h7-10,12-13,15H,11H2,1-6H3. The molecule has 2 heterocycles. The number of ether oxygens (including phenoxy) is 1. The lowest BCUT2D eigenvalue weighted by Gasteiger charge is -2.45. The van der Waals surface area contributed by atoms with Crippen molar-refractivity contribution in [1.82, 2.24) is 4.98 Å². The molecule has 0 radical (unpaired) electrons. The number of hydrogen-bond donors (Lipinski definition) is 0. The fourth-order valence-electron chi connectivity index (χ4n) is 3.59. The molecule has 1 atom stereocenters. The van der Waals surface area contributed by atoms with Gasteiger partial charge in [-0.1, -0.05) is 6.92 Å². The molecule has 0 saturated carbocycles. The number of pyridine rings is 1. The lowest BCUT2D eigenvalue weighted by atomic mass is 9.79. The number of benzene rings is 1. The van der Waals surface area contributed by atoms with Crippen LogP contribution in [0.1, 0.15) is 49.8 Å². The lowest BCUT2D eigenvalue weighted by molar-refractivity contribution is 0.395. The summed E-state index contributed by atoms with van der Waals surface area (Å²) in [7, 11) is 3.81. The number of aryl methyl sites for hydroxylation is 1. The third-order valence-corrected chi connectivity index (χ3v) is 5.30. The monoisotopic (exact) mass is 337 g/mol. The molecular formula is C21H27N3O. The lowest BCUT2D eigenvalue weighted by Crippen LogP contribution is -2.45. The number of aliphatic imine (C=N–C) groups is 1. The van der Waals surface area contributed by atoms with Gasteiger partial charge in [0, 0.05) is 30.6 Å². The van der Waals surface area contributed by atoms with Gasteiger partial charge in [0.15, 0.2) is 0 Å². The summed E-state index contributed by atoms with van der Waals surface area (Å²) in [5, 5.41) is 0. The average Bonchev–Trinajstić information content (AvgIpc) is 2.58. The summed E-state index contributed by atoms with van der Waals surface area (Å²) in [6.45, 7) is 9.09. The smallest absolute Gasteiger partial charge is 0.213 e. The van der Waals surface area contributed by atoms with Gasteiger partial charge in [0.05, 0.1) is 19.0 Å². The van der Waals surface area contributed by atoms with Crippen LogP contribution in [0.3, 0.4) is 0 Å². The molecule has 132 valence electrons. The van der Waals surface area contributed by atoms with Gasteiger partial charge >= 0.3 is 0 Å². The van der Waals surface area contributed by atoms with Crippen LogP contribution >= 0.6 is 0 Å². The zero-order valence-electron chi connectivity index (χ0n) is 16.0. The number of anilines is 1. The van der Waals surface area contributed by atoms with Crippen LogP contribution in [0.15, 0.2) is 35.5 Å². The van der Waals surface area contributed by atoms with Crippen LogP contribution in [0.4, 0.5) is 11.4 Å². The summed E-state index contributed by atoms with van der Waals surface area (Å²) in [5.74, 6) is 1.14. The van der Waals surface area contributed by atoms with Crippen molar-refractivity contribution in [3.05, 3.63) is 47.2 Å². The Morgan fingerprint density at radius 1 is 1.32 bits per heavy atom. The zero-order chi connectivity index (χ0) is 18.2. The minimum absolute atomic E-state index is 0.184. The summed E-state index contributed by atoms with van der Waals surface area (Å²) in [6.07, 6.45) is 4.81. The molecule has 3 rings (SSSR count). The Kier molecular flexibility index (Phi) is 4.55. The van der Waals surface area contributed by atoms with Crippen LogP contribution < -0.4 is 9.64 Å². The van der Waals surface area contributed by atoms with Crippen molar-refractivity contribution in [2.24, 2.45) is 4.99 Å². The Morgan fingerprint density at radius 3 is 2.72 bits per heavy atom. The number of aromatic nitrogens is 1. The third-order valence-electron chi connectivity index (χ3n) is 5.30. The SMILES string of the molecule is COc1ccc(N=Cc2cc3c(cc2C)N(C)C(C)(C)CC3C)cn1. The Hall–Kier alpha value is -2.36. The van der Waals surface area contributed by atoms with E-state index in [0.717, 1.165) is 17.7 Å². The molecule has 1 unspecified atom stereocenters. The topological polar surface area (TPSA) is 37.7 Å². The molecule has 1 aromatic heterocycles. The second-order valence-electron chi connectivity index (χ2n) is 7.56. The maximum atomic E-state index is 5.08. The van der Waals surface area contributed by atoms with E-state index in [2.05, 4.69) is 61.8 Å². The van der Waals surface area contributed by atoms with E-state index in [1.807, 2.05) is 18.3 Å². The molecule has 4 nitrogen and oxygen atoms in total. The van der Waals surface area contributed by atoms with E-state index in [9.17, 15) is 0 Å². The Labute approximate surface area is 150 Å². The largest absolute Gasteiger partial charge is 0.481 e. The number of methoxy groups -OCH3 is 1. The molecule has 0 saturated heterocycles. The van der Waals surface area contributed by atoms with E-state index in [4.69, 9.17) is 4.74 Å². The minimum Gasteiger partial charge on any atom is -0.481 e. The number of fused-ring (bicyclic) bond motifs is 1. The quantitative estimate of drug-likeness (QED) is 0.750. The van der Waals surface area contributed by atoms with Crippen LogP contribution in [0.5, 0.6) is 5.88 Å². The van der Waals surface area contributed by atoms with Gasteiger partial charge in [0.2, 0.25) is 5.88 Å². The van der Waals surface area contributed by atoms with Gasteiger partial charge in [-0.3, -0.25) is 4.99 Å². The minimum atomic E-state index is 0.184. The molecule has 0 N–H and O–H groups in total. The summed E-state index contributed by atoms with van der Waals surface area (Å²) in [5.41, 5.74) is 6.15. The van der Waals surface area contributed by atoms with E-state index in [0.29, 0.717) is 11.8 Å². The van der Waals surface area contributed by atoms with Crippen LogP contribution in [0.2, 0.25) is 0 Å². The van der Waals surface area contributed by atoms with Crippen LogP contribution in [0, 0.1) is 6.92 Å². The molecule has 25 heavy (non-hydrogen) atoms. The maximum Gasteiger partial charge on any atom is 0.213 e. The number of nitrogens with zero attached hydrogens (tertiary/aromatic N) is 3. The molecule has 1 aliphatic rings. The summed E-state index contributed by atoms with van der Waals surface area (Å²) < 4.78 is 5.08. The van der Waals surface area contributed by atoms with Gasteiger partial charge in [-0.05, 0) is 68.0 Å². The van der Waals surface area contributed by atoms with Crippen molar-refractivity contribution >= 4 is 17.6 Å². The molecule has 0 fully saturated rings. The molecule has 1 aliphatic heterocycles. The van der Waals surface area contributed by atoms with Crippen LogP contribution in [-0.2, 0) is 0 Å². The highest BCUT2D eigenvalue weighted by Gasteiger charge is 2.34. The molecular weight excluding hydrogens is 310 g/mol. The van der Waals surface area contributed by atoms with E-state index in [-0.39, 0.29) is 5.54 Å². The maximum absolute atomic E-state index is 5.08. The van der Waals surface area contributed by atoms with Crippen molar-refractivity contribution in [3.8, 4) is 5.88 Å². The normalized spacial score (nSPS) is 19.1. The molecule has 0 aliphatic carbocycles. The van der Waals surface area contributed by atoms with E-state index in [1.54, 1.807) is 13.3 Å². The number of rotatable bonds is 3. The Bertz CT molecular complexity index is 794. The molecule has 0 bridgehead atoms. The second-order valence-corrected chi connectivity index (χ2v) is 7.56. The molecule has 2 aromatic rings. The Balaban J connectivity index is 1.93. The number of hydrogen-bond acceptors (Lipinski definition) is 4. The second kappa shape index (κ2) is 6.51. The first-order valence-electron chi connectivity index (χ1n) is 8.74. The van der Waals surface area contributed by atoms with Crippen molar-refractivity contribution in [1.29, 1.82) is 0 Å². The van der Waals surface area contributed by atoms with Crippen molar-refractivity contribution in [3.63, 3.8) is 0 Å². The van der Waals surface area contributed by atoms with Gasteiger partial charge in [0.25, 0.3) is 0 Å². The highest BCUT2D eigenvalue weighted by molar-refractivity contribution is 5.85. The molecule has 0 amide bonds. The predicted octanol–water partition coefficient (Wildman–Crippen LogP) is 4.87. The van der Waals surface area contributed by atoms with Crippen LogP contribution in [-0.4, -0.2) is 30.9 Å². The summed E-state index contributed by atoms with van der Waals surface area (Å²) >= 11 is 0. The summed E-state index contributed by atoms with van der Waals surface area (Å²) in [6, 6.07) is 8.32. The first kappa shape index (κ1) is 17.5. The Morgan fingerprint density at radius 2 is 2.08 bits per heavy atom. The fraction of sp³-hybridized carbons (Fsp3) is 0.429. The first-order valence-corrected chi connectivity index (χ1v) is 8.74. The van der Waals surface area contributed by atoms with Crippen molar-refractivity contribution in [2.45, 2.75) is 45.6 Å². The molecule has 1 aromatic carbocycles. The first-order chi connectivity index (χ1) is 11.8. The highest BCUT2D eigenvalue weighted by Crippen LogP contribution is 2.43. The van der Waals surface area contributed by atoms with Crippen molar-refractivity contribution < 1.29 is 4.74 Å². The fourth-order valence-corrected chi connectivity index (χ4v) is 3.59. The summed E-state index contributed by atoms with van der Waals surface area (Å²) in [4.78, 5) is 11.2. The molecule has 0 spiro atoms. The van der Waals surface area contributed by atoms with Gasteiger partial charge < -0.3 is 9.64 Å². The average molecular weight is 337 g/mol. The van der Waals surface area contributed by atoms with Gasteiger partial charge in [-0.25, -0.2) is 4.98 Å². The van der Waals surface area contributed by atoms with Gasteiger partial charge in [-0.15, -0.1) is 0 Å². The van der Waals surface area contributed by atoms with Gasteiger partial charge in [-0.2, -0.15) is 0 Å². The highest BCUT2D eigenvalue weighted by atomic mass is 16.5.